The molecule has 0 radical (unpaired) electrons. The number of ether oxygens (including phenoxy) is 3. The Hall–Kier alpha value is -2.87. The van der Waals surface area contributed by atoms with Gasteiger partial charge in [-0.3, -0.25) is 10.1 Å². The molecule has 0 saturated heterocycles. The molecule has 7 nitrogen and oxygen atoms in total. The molecule has 1 spiro atoms. The van der Waals surface area contributed by atoms with Gasteiger partial charge in [0, 0.05) is 24.1 Å². The van der Waals surface area contributed by atoms with Crippen LogP contribution in [0.2, 0.25) is 0 Å². The molecule has 2 aromatic carbocycles. The van der Waals surface area contributed by atoms with Crippen LogP contribution in [0.15, 0.2) is 35.2 Å². The average molecular weight is 499 g/mol. The van der Waals surface area contributed by atoms with Gasteiger partial charge in [0.1, 0.15) is 22.1 Å². The number of fused-ring (bicyclic) bond motifs is 2. The summed E-state index contributed by atoms with van der Waals surface area (Å²) < 4.78 is 17.2. The molecule has 2 aliphatic heterocycles. The molecule has 4 rings (SSSR count). The van der Waals surface area contributed by atoms with E-state index >= 15 is 0 Å². The Balaban J connectivity index is 1.90. The second-order valence-electron chi connectivity index (χ2n) is 9.52. The van der Waals surface area contributed by atoms with Gasteiger partial charge in [0.2, 0.25) is 0 Å². The lowest BCUT2D eigenvalue weighted by Crippen LogP contribution is -2.52. The minimum Gasteiger partial charge on any atom is -0.497 e. The second kappa shape index (κ2) is 9.64. The highest BCUT2D eigenvalue weighted by Crippen LogP contribution is 2.64. The van der Waals surface area contributed by atoms with Crippen LogP contribution in [0.1, 0.15) is 57.6 Å². The molecule has 0 N–H and O–H groups in total. The van der Waals surface area contributed by atoms with Crippen LogP contribution in [0.25, 0.3) is 6.08 Å². The molecule has 0 aliphatic carbocycles. The lowest BCUT2D eigenvalue weighted by atomic mass is 9.79. The van der Waals surface area contributed by atoms with E-state index in [9.17, 15) is 10.1 Å². The van der Waals surface area contributed by atoms with E-state index in [0.29, 0.717) is 5.75 Å². The number of nitrogens with zero attached hydrogens (tertiary/aromatic N) is 2. The van der Waals surface area contributed by atoms with E-state index in [4.69, 9.17) is 14.2 Å². The Morgan fingerprint density at radius 1 is 1.00 bits per heavy atom. The summed E-state index contributed by atoms with van der Waals surface area (Å²) in [6.07, 6.45) is 8.79. The summed E-state index contributed by atoms with van der Waals surface area (Å²) in [5.74, 6) is 2.07. The van der Waals surface area contributed by atoms with Gasteiger partial charge in [-0.1, -0.05) is 57.9 Å². The molecule has 2 heterocycles. The quantitative estimate of drug-likeness (QED) is 0.213. The summed E-state index contributed by atoms with van der Waals surface area (Å²) in [5, 5.41) is 11.5. The summed E-state index contributed by atoms with van der Waals surface area (Å²) in [5.41, 5.74) is 2.73. The lowest BCUT2D eigenvalue weighted by molar-refractivity contribution is -0.385. The van der Waals surface area contributed by atoms with Crippen molar-refractivity contribution in [2.45, 2.75) is 61.6 Å². The number of methoxy groups -OCH3 is 3. The van der Waals surface area contributed by atoms with Gasteiger partial charge in [0.25, 0.3) is 5.69 Å². The molecule has 2 aliphatic rings. The van der Waals surface area contributed by atoms with Crippen LogP contribution < -0.4 is 19.1 Å². The third-order valence-corrected chi connectivity index (χ3v) is 9.04. The number of non-ortho nitro benzene ring substituents is 1. The van der Waals surface area contributed by atoms with E-state index in [2.05, 4.69) is 37.8 Å². The van der Waals surface area contributed by atoms with E-state index in [0.717, 1.165) is 52.6 Å². The lowest BCUT2D eigenvalue weighted by Gasteiger charge is -2.47. The van der Waals surface area contributed by atoms with Gasteiger partial charge >= 0.3 is 0 Å². The maximum Gasteiger partial charge on any atom is 0.273 e. The van der Waals surface area contributed by atoms with Gasteiger partial charge in [-0.25, -0.2) is 0 Å². The largest absolute Gasteiger partial charge is 0.497 e. The molecular weight excluding hydrogens is 464 g/mol. The topological polar surface area (TPSA) is 74.1 Å². The molecule has 1 atom stereocenters. The van der Waals surface area contributed by atoms with Crippen molar-refractivity contribution in [1.82, 2.24) is 0 Å². The first kappa shape index (κ1) is 25.2. The normalized spacial score (nSPS) is 19.4. The summed E-state index contributed by atoms with van der Waals surface area (Å²) in [6, 6.07) is 7.20. The molecule has 0 fully saturated rings. The highest BCUT2D eigenvalue weighted by molar-refractivity contribution is 8.01. The second-order valence-corrected chi connectivity index (χ2v) is 10.8. The molecule has 0 aromatic heterocycles. The van der Waals surface area contributed by atoms with Crippen LogP contribution in [-0.4, -0.2) is 37.7 Å². The van der Waals surface area contributed by atoms with Crippen LogP contribution in [0.5, 0.6) is 17.2 Å². The number of hydrogen-bond acceptors (Lipinski definition) is 7. The predicted octanol–water partition coefficient (Wildman–Crippen LogP) is 6.81. The fraction of sp³-hybridized carbons (Fsp3) is 0.481. The van der Waals surface area contributed by atoms with E-state index in [1.807, 2.05) is 12.1 Å². The third kappa shape index (κ3) is 4.01. The molecule has 188 valence electrons. The summed E-state index contributed by atoms with van der Waals surface area (Å²) in [6.45, 7) is 7.57. The van der Waals surface area contributed by atoms with Crippen LogP contribution in [-0.2, 0) is 5.41 Å². The zero-order chi connectivity index (χ0) is 25.4. The molecular formula is C27H34N2O5S. The van der Waals surface area contributed by atoms with Crippen molar-refractivity contribution in [3.63, 3.8) is 0 Å². The number of nitro groups is 1. The Morgan fingerprint density at radius 3 is 2.37 bits per heavy atom. The van der Waals surface area contributed by atoms with Gasteiger partial charge in [-0.05, 0) is 29.7 Å². The van der Waals surface area contributed by atoms with Crippen molar-refractivity contribution in [3.05, 3.63) is 51.6 Å². The van der Waals surface area contributed by atoms with Crippen molar-refractivity contribution < 1.29 is 19.1 Å². The Morgan fingerprint density at radius 2 is 1.74 bits per heavy atom. The number of unbranched alkanes of at least 4 members (excludes halogenated alkanes) is 3. The van der Waals surface area contributed by atoms with Gasteiger partial charge in [0.05, 0.1) is 42.9 Å². The molecule has 2 aromatic rings. The fourth-order valence-electron chi connectivity index (χ4n) is 5.25. The molecule has 0 bridgehead atoms. The maximum atomic E-state index is 11.5. The molecule has 8 heteroatoms. The summed E-state index contributed by atoms with van der Waals surface area (Å²) in [7, 11) is 4.93. The maximum absolute atomic E-state index is 11.5. The number of nitro benzene ring substituents is 1. The summed E-state index contributed by atoms with van der Waals surface area (Å²) in [4.78, 5) is 14.0. The minimum atomic E-state index is -0.475. The van der Waals surface area contributed by atoms with Crippen molar-refractivity contribution in [3.8, 4) is 17.2 Å². The van der Waals surface area contributed by atoms with Crippen LogP contribution in [0.4, 0.5) is 11.4 Å². The summed E-state index contributed by atoms with van der Waals surface area (Å²) >= 11 is 1.70. The van der Waals surface area contributed by atoms with Crippen molar-refractivity contribution in [2.24, 2.45) is 0 Å². The zero-order valence-electron chi connectivity index (χ0n) is 21.3. The Bertz CT molecular complexity index is 1160. The SMILES string of the molecule is CCCCCCN1c2c(OC)cc(OC)cc2C(C)(C)C12C=Cc1cc([N+](=O)[O-])cc(OC)c1S2. The number of hydrogen-bond donors (Lipinski definition) is 0. The van der Waals surface area contributed by atoms with E-state index in [1.165, 1.54) is 18.9 Å². The predicted molar refractivity (Wildman–Crippen MR) is 141 cm³/mol. The van der Waals surface area contributed by atoms with Crippen LogP contribution >= 0.6 is 11.8 Å². The minimum absolute atomic E-state index is 0.0265. The number of rotatable bonds is 9. The first-order valence-corrected chi connectivity index (χ1v) is 12.8. The number of thioether (sulfide) groups is 1. The molecule has 1 unspecified atom stereocenters. The molecule has 0 saturated carbocycles. The van der Waals surface area contributed by atoms with Gasteiger partial charge < -0.3 is 19.1 Å². The van der Waals surface area contributed by atoms with Crippen LogP contribution in [0.3, 0.4) is 0 Å². The standard InChI is InChI=1S/C27H34N2O5S/c1-7-8-9-10-13-28-24-21(16-20(32-4)17-22(24)33-5)26(2,3)27(28)12-11-18-14-19(29(30)31)15-23(34-6)25(18)35-27/h11-12,14-17H,7-10,13H2,1-6H3. The fourth-order valence-corrected chi connectivity index (χ4v) is 6.85. The van der Waals surface area contributed by atoms with Crippen molar-refractivity contribution in [1.29, 1.82) is 0 Å². The van der Waals surface area contributed by atoms with Gasteiger partial charge in [0.15, 0.2) is 0 Å². The van der Waals surface area contributed by atoms with E-state index in [-0.39, 0.29) is 16.0 Å². The van der Waals surface area contributed by atoms with E-state index in [1.54, 1.807) is 39.2 Å². The zero-order valence-corrected chi connectivity index (χ0v) is 22.2. The number of anilines is 1. The first-order chi connectivity index (χ1) is 16.7. The monoisotopic (exact) mass is 498 g/mol. The van der Waals surface area contributed by atoms with Gasteiger partial charge in [-0.15, -0.1) is 0 Å². The highest BCUT2D eigenvalue weighted by Gasteiger charge is 2.58. The van der Waals surface area contributed by atoms with E-state index < -0.39 is 4.87 Å². The van der Waals surface area contributed by atoms with Crippen molar-refractivity contribution in [2.75, 3.05) is 32.8 Å². The highest BCUT2D eigenvalue weighted by atomic mass is 32.2. The Kier molecular flexibility index (Phi) is 6.95. The van der Waals surface area contributed by atoms with Crippen molar-refractivity contribution >= 4 is 29.2 Å². The average Bonchev–Trinajstić information content (AvgIpc) is 3.03. The molecule has 0 amide bonds. The number of benzene rings is 2. The first-order valence-electron chi connectivity index (χ1n) is 12.0. The molecule has 35 heavy (non-hydrogen) atoms. The Labute approximate surface area is 211 Å². The third-order valence-electron chi connectivity index (χ3n) is 7.22. The van der Waals surface area contributed by atoms with Crippen LogP contribution in [0, 0.1) is 10.1 Å². The smallest absolute Gasteiger partial charge is 0.273 e. The van der Waals surface area contributed by atoms with Gasteiger partial charge in [-0.2, -0.15) is 0 Å².